The number of carbonyl (C=O) groups excluding carboxylic acids is 3. The molecular formula is C25H27N3O5. The van der Waals surface area contributed by atoms with E-state index in [4.69, 9.17) is 9.47 Å². The third-order valence-electron chi connectivity index (χ3n) is 6.63. The molecule has 2 saturated heterocycles. The Kier molecular flexibility index (Phi) is 5.90. The molecule has 2 aromatic rings. The average molecular weight is 450 g/mol. The predicted molar refractivity (Wildman–Crippen MR) is 120 cm³/mol. The number of ether oxygens (including phenoxy) is 2. The standard InChI is InChI=1S/C25H27N3O5/c29-23-9-7-20(24(30)26-15-17-4-2-1-3-5-17)28(23)19-10-12-27(13-11-19)25(31)18-6-8-21-22(14-18)33-16-32-21/h1-6,8,14,19-20H,7,9-13,15-16H2,(H,26,30). The van der Waals surface area contributed by atoms with Gasteiger partial charge in [-0.05, 0) is 43.0 Å². The highest BCUT2D eigenvalue weighted by atomic mass is 16.7. The molecule has 0 radical (unpaired) electrons. The fourth-order valence-corrected chi connectivity index (χ4v) is 4.88. The van der Waals surface area contributed by atoms with Gasteiger partial charge in [0.25, 0.3) is 5.91 Å². The Morgan fingerprint density at radius 3 is 2.52 bits per heavy atom. The number of rotatable bonds is 5. The lowest BCUT2D eigenvalue weighted by Crippen LogP contribution is -2.53. The summed E-state index contributed by atoms with van der Waals surface area (Å²) in [5, 5.41) is 2.98. The second-order valence-electron chi connectivity index (χ2n) is 8.65. The van der Waals surface area contributed by atoms with Gasteiger partial charge in [-0.1, -0.05) is 30.3 Å². The van der Waals surface area contributed by atoms with Crippen molar-refractivity contribution in [2.75, 3.05) is 19.9 Å². The second kappa shape index (κ2) is 9.13. The molecule has 3 aliphatic rings. The van der Waals surface area contributed by atoms with Gasteiger partial charge in [0, 0.05) is 37.7 Å². The van der Waals surface area contributed by atoms with Gasteiger partial charge >= 0.3 is 0 Å². The lowest BCUT2D eigenvalue weighted by molar-refractivity contribution is -0.138. The van der Waals surface area contributed by atoms with Gasteiger partial charge in [0.15, 0.2) is 11.5 Å². The summed E-state index contributed by atoms with van der Waals surface area (Å²) in [5.74, 6) is 1.09. The molecule has 5 rings (SSSR count). The maximum absolute atomic E-state index is 13.0. The first-order valence-electron chi connectivity index (χ1n) is 11.4. The molecule has 3 aliphatic heterocycles. The first kappa shape index (κ1) is 21.3. The molecule has 8 heteroatoms. The van der Waals surface area contributed by atoms with E-state index in [2.05, 4.69) is 5.32 Å². The fourth-order valence-electron chi connectivity index (χ4n) is 4.88. The van der Waals surface area contributed by atoms with Crippen LogP contribution in [0.1, 0.15) is 41.6 Å². The number of amides is 3. The summed E-state index contributed by atoms with van der Waals surface area (Å²) < 4.78 is 10.7. The van der Waals surface area contributed by atoms with Crippen LogP contribution in [0.2, 0.25) is 0 Å². The van der Waals surface area contributed by atoms with Crippen LogP contribution >= 0.6 is 0 Å². The van der Waals surface area contributed by atoms with Gasteiger partial charge in [0.05, 0.1) is 0 Å². The van der Waals surface area contributed by atoms with Gasteiger partial charge in [0.1, 0.15) is 6.04 Å². The van der Waals surface area contributed by atoms with Gasteiger partial charge in [-0.2, -0.15) is 0 Å². The topological polar surface area (TPSA) is 88.2 Å². The van der Waals surface area contributed by atoms with E-state index in [1.165, 1.54) is 0 Å². The van der Waals surface area contributed by atoms with Crippen LogP contribution in [-0.2, 0) is 16.1 Å². The number of piperidine rings is 1. The van der Waals surface area contributed by atoms with Crippen LogP contribution in [0.4, 0.5) is 0 Å². The van der Waals surface area contributed by atoms with Crippen LogP contribution in [0, 0.1) is 0 Å². The van der Waals surface area contributed by atoms with Crippen molar-refractivity contribution in [2.45, 2.75) is 44.3 Å². The zero-order chi connectivity index (χ0) is 22.8. The third kappa shape index (κ3) is 4.37. The summed E-state index contributed by atoms with van der Waals surface area (Å²) in [7, 11) is 0. The lowest BCUT2D eigenvalue weighted by atomic mass is 10.0. The second-order valence-corrected chi connectivity index (χ2v) is 8.65. The number of nitrogens with zero attached hydrogens (tertiary/aromatic N) is 2. The maximum Gasteiger partial charge on any atom is 0.253 e. The Labute approximate surface area is 192 Å². The zero-order valence-electron chi connectivity index (χ0n) is 18.4. The van der Waals surface area contributed by atoms with Gasteiger partial charge in [-0.15, -0.1) is 0 Å². The number of hydrogen-bond acceptors (Lipinski definition) is 5. The normalized spacial score (nSPS) is 20.2. The first-order chi connectivity index (χ1) is 16.1. The van der Waals surface area contributed by atoms with Crippen LogP contribution in [0.5, 0.6) is 11.5 Å². The number of likely N-dealkylation sites (tertiary alicyclic amines) is 2. The van der Waals surface area contributed by atoms with E-state index in [-0.39, 0.29) is 30.6 Å². The van der Waals surface area contributed by atoms with E-state index in [9.17, 15) is 14.4 Å². The summed E-state index contributed by atoms with van der Waals surface area (Å²) >= 11 is 0. The van der Waals surface area contributed by atoms with Crippen molar-refractivity contribution < 1.29 is 23.9 Å². The smallest absolute Gasteiger partial charge is 0.253 e. The van der Waals surface area contributed by atoms with Crippen molar-refractivity contribution in [3.8, 4) is 11.5 Å². The molecule has 2 fully saturated rings. The van der Waals surface area contributed by atoms with Crippen LogP contribution in [0.3, 0.4) is 0 Å². The molecular weight excluding hydrogens is 422 g/mol. The van der Waals surface area contributed by atoms with Crippen molar-refractivity contribution in [3.05, 3.63) is 59.7 Å². The van der Waals surface area contributed by atoms with E-state index in [0.717, 1.165) is 5.56 Å². The number of fused-ring (bicyclic) bond motifs is 1. The predicted octanol–water partition coefficient (Wildman–Crippen LogP) is 2.33. The molecule has 2 aromatic carbocycles. The molecule has 0 spiro atoms. The van der Waals surface area contributed by atoms with Crippen LogP contribution in [0.15, 0.2) is 48.5 Å². The Bertz CT molecular complexity index is 1050. The molecule has 1 unspecified atom stereocenters. The first-order valence-corrected chi connectivity index (χ1v) is 11.4. The van der Waals surface area contributed by atoms with E-state index in [0.29, 0.717) is 62.4 Å². The average Bonchev–Trinajstić information content (AvgIpc) is 3.49. The van der Waals surface area contributed by atoms with Gasteiger partial charge in [-0.25, -0.2) is 0 Å². The van der Waals surface area contributed by atoms with Crippen molar-refractivity contribution in [1.29, 1.82) is 0 Å². The molecule has 3 amide bonds. The number of hydrogen-bond donors (Lipinski definition) is 1. The van der Waals surface area contributed by atoms with Gasteiger partial charge in [-0.3, -0.25) is 14.4 Å². The third-order valence-corrected chi connectivity index (χ3v) is 6.63. The summed E-state index contributed by atoms with van der Waals surface area (Å²) in [5.41, 5.74) is 1.59. The van der Waals surface area contributed by atoms with Crippen LogP contribution in [0.25, 0.3) is 0 Å². The minimum Gasteiger partial charge on any atom is -0.454 e. The van der Waals surface area contributed by atoms with Crippen molar-refractivity contribution in [2.24, 2.45) is 0 Å². The largest absolute Gasteiger partial charge is 0.454 e. The number of nitrogens with one attached hydrogen (secondary N) is 1. The monoisotopic (exact) mass is 449 g/mol. The molecule has 0 aliphatic carbocycles. The Morgan fingerprint density at radius 1 is 0.970 bits per heavy atom. The highest BCUT2D eigenvalue weighted by Gasteiger charge is 2.41. The molecule has 1 atom stereocenters. The molecule has 172 valence electrons. The number of benzene rings is 2. The highest BCUT2D eigenvalue weighted by Crippen LogP contribution is 2.33. The molecule has 33 heavy (non-hydrogen) atoms. The van der Waals surface area contributed by atoms with E-state index in [1.54, 1.807) is 28.0 Å². The quantitative estimate of drug-likeness (QED) is 0.757. The SMILES string of the molecule is O=C(NCc1ccccc1)C1CCC(=O)N1C1CCN(C(=O)c2ccc3c(c2)OCO3)CC1. The van der Waals surface area contributed by atoms with Crippen molar-refractivity contribution >= 4 is 17.7 Å². The highest BCUT2D eigenvalue weighted by molar-refractivity contribution is 5.95. The molecule has 0 aromatic heterocycles. The number of carbonyl (C=O) groups is 3. The summed E-state index contributed by atoms with van der Waals surface area (Å²) in [6.07, 6.45) is 2.24. The molecule has 0 saturated carbocycles. The molecule has 3 heterocycles. The molecule has 1 N–H and O–H groups in total. The van der Waals surface area contributed by atoms with E-state index in [1.807, 2.05) is 30.3 Å². The van der Waals surface area contributed by atoms with Crippen LogP contribution < -0.4 is 14.8 Å². The maximum atomic E-state index is 13.0. The van der Waals surface area contributed by atoms with Crippen molar-refractivity contribution in [3.63, 3.8) is 0 Å². The Morgan fingerprint density at radius 2 is 1.73 bits per heavy atom. The molecule has 0 bridgehead atoms. The van der Waals surface area contributed by atoms with E-state index < -0.39 is 6.04 Å². The Hall–Kier alpha value is -3.55. The van der Waals surface area contributed by atoms with Gasteiger partial charge in [0.2, 0.25) is 18.6 Å². The zero-order valence-corrected chi connectivity index (χ0v) is 18.4. The van der Waals surface area contributed by atoms with E-state index >= 15 is 0 Å². The van der Waals surface area contributed by atoms with Crippen molar-refractivity contribution in [1.82, 2.24) is 15.1 Å². The summed E-state index contributed by atoms with van der Waals surface area (Å²) in [6.45, 7) is 1.70. The summed E-state index contributed by atoms with van der Waals surface area (Å²) in [4.78, 5) is 42.1. The van der Waals surface area contributed by atoms with Crippen LogP contribution in [-0.4, -0.2) is 59.5 Å². The lowest BCUT2D eigenvalue weighted by Gasteiger charge is -2.39. The molecule has 8 nitrogen and oxygen atoms in total. The summed E-state index contributed by atoms with van der Waals surface area (Å²) in [6, 6.07) is 14.5. The minimum atomic E-state index is -0.442. The Balaban J connectivity index is 1.19. The minimum absolute atomic E-state index is 0.0235. The fraction of sp³-hybridized carbons (Fsp3) is 0.400. The van der Waals surface area contributed by atoms with Gasteiger partial charge < -0.3 is 24.6 Å².